The molecule has 6 heteroatoms. The van der Waals surface area contributed by atoms with Gasteiger partial charge in [0.15, 0.2) is 0 Å². The normalized spacial score (nSPS) is 16.8. The number of fused-ring (bicyclic) bond motifs is 1. The number of nitrogens with zero attached hydrogens (tertiary/aromatic N) is 1. The Labute approximate surface area is 124 Å². The Morgan fingerprint density at radius 2 is 1.91 bits per heavy atom. The molecule has 0 saturated heterocycles. The predicted molar refractivity (Wildman–Crippen MR) is 75.0 cm³/mol. The zero-order valence-electron chi connectivity index (χ0n) is 12.1. The molecular formula is C16H14F3NO2. The van der Waals surface area contributed by atoms with E-state index in [2.05, 4.69) is 4.98 Å². The summed E-state index contributed by atoms with van der Waals surface area (Å²) in [7, 11) is 0. The van der Waals surface area contributed by atoms with Gasteiger partial charge in [-0.15, -0.1) is 0 Å². The molecule has 116 valence electrons. The van der Waals surface area contributed by atoms with Crippen LogP contribution in [0.2, 0.25) is 0 Å². The number of aromatic carboxylic acids is 1. The molecule has 1 fully saturated rings. The topological polar surface area (TPSA) is 50.2 Å². The van der Waals surface area contributed by atoms with Gasteiger partial charge in [0.2, 0.25) is 0 Å². The lowest BCUT2D eigenvalue weighted by Crippen LogP contribution is -2.12. The maximum absolute atomic E-state index is 13.4. The highest BCUT2D eigenvalue weighted by atomic mass is 19.4. The number of pyridine rings is 1. The van der Waals surface area contributed by atoms with Crippen LogP contribution in [0.3, 0.4) is 0 Å². The number of carboxylic acids is 1. The number of benzene rings is 1. The lowest BCUT2D eigenvalue weighted by molar-refractivity contribution is -0.136. The van der Waals surface area contributed by atoms with Gasteiger partial charge in [0.1, 0.15) is 5.69 Å². The highest BCUT2D eigenvalue weighted by Crippen LogP contribution is 2.50. The molecule has 3 rings (SSSR count). The van der Waals surface area contributed by atoms with Crippen LogP contribution in [-0.4, -0.2) is 16.1 Å². The monoisotopic (exact) mass is 309 g/mol. The number of halogens is 3. The number of aromatic nitrogens is 1. The summed E-state index contributed by atoms with van der Waals surface area (Å²) in [5.74, 6) is -1.34. The molecule has 0 bridgehead atoms. The highest BCUT2D eigenvalue weighted by molar-refractivity contribution is 5.93. The maximum atomic E-state index is 13.4. The summed E-state index contributed by atoms with van der Waals surface area (Å²) in [6.07, 6.45) is -2.86. The first-order chi connectivity index (χ1) is 10.1. The van der Waals surface area contributed by atoms with Crippen LogP contribution in [0.25, 0.3) is 10.9 Å². The molecule has 0 atom stereocenters. The van der Waals surface area contributed by atoms with Gasteiger partial charge in [-0.2, -0.15) is 13.2 Å². The van der Waals surface area contributed by atoms with Crippen molar-refractivity contribution in [3.63, 3.8) is 0 Å². The summed E-state index contributed by atoms with van der Waals surface area (Å²) < 4.78 is 40.2. The van der Waals surface area contributed by atoms with E-state index in [1.807, 2.05) is 6.92 Å². The first-order valence-corrected chi connectivity index (χ1v) is 6.88. The Kier molecular flexibility index (Phi) is 2.99. The number of alkyl halides is 3. The Morgan fingerprint density at radius 1 is 1.27 bits per heavy atom. The molecule has 22 heavy (non-hydrogen) atoms. The van der Waals surface area contributed by atoms with E-state index in [1.54, 1.807) is 13.0 Å². The number of carboxylic acid groups (broad SMARTS) is 1. The average Bonchev–Trinajstić information content (AvgIpc) is 3.15. The standard InChI is InChI=1S/C16H14F3NO2/c1-8-5-12(14(21)22)20-13-10(8)6-9(15(2)3-4-15)7-11(13)16(17,18)19/h5-7H,3-4H2,1-2H3,(H,21,22). The summed E-state index contributed by atoms with van der Waals surface area (Å²) in [4.78, 5) is 14.8. The zero-order chi connectivity index (χ0) is 16.3. The molecule has 0 unspecified atom stereocenters. The predicted octanol–water partition coefficient (Wildman–Crippen LogP) is 4.31. The Hall–Kier alpha value is -2.11. The summed E-state index contributed by atoms with van der Waals surface area (Å²) in [6.45, 7) is 3.54. The molecule has 1 aromatic heterocycles. The van der Waals surface area contributed by atoms with Gasteiger partial charge in [0, 0.05) is 5.39 Å². The zero-order valence-corrected chi connectivity index (χ0v) is 12.1. The fourth-order valence-electron chi connectivity index (χ4n) is 2.64. The molecule has 0 radical (unpaired) electrons. The minimum atomic E-state index is -4.57. The van der Waals surface area contributed by atoms with Crippen molar-refractivity contribution in [2.24, 2.45) is 0 Å². The van der Waals surface area contributed by atoms with Crippen LogP contribution in [0.15, 0.2) is 18.2 Å². The molecule has 2 aromatic rings. The number of hydrogen-bond donors (Lipinski definition) is 1. The van der Waals surface area contributed by atoms with Crippen LogP contribution in [0, 0.1) is 6.92 Å². The number of aryl methyl sites for hydroxylation is 1. The largest absolute Gasteiger partial charge is 0.477 e. The van der Waals surface area contributed by atoms with E-state index < -0.39 is 17.7 Å². The van der Waals surface area contributed by atoms with Crippen molar-refractivity contribution in [1.29, 1.82) is 0 Å². The SMILES string of the molecule is Cc1cc(C(=O)O)nc2c(C(F)(F)F)cc(C3(C)CC3)cc12. The van der Waals surface area contributed by atoms with Crippen LogP contribution in [0.1, 0.15) is 46.9 Å². The number of rotatable bonds is 2. The molecule has 3 nitrogen and oxygen atoms in total. The molecule has 1 N–H and O–H groups in total. The fraction of sp³-hybridized carbons (Fsp3) is 0.375. The van der Waals surface area contributed by atoms with Crippen molar-refractivity contribution in [1.82, 2.24) is 4.98 Å². The first-order valence-electron chi connectivity index (χ1n) is 6.88. The van der Waals surface area contributed by atoms with Crippen molar-refractivity contribution in [3.05, 3.63) is 40.6 Å². The average molecular weight is 309 g/mol. The molecular weight excluding hydrogens is 295 g/mol. The quantitative estimate of drug-likeness (QED) is 0.899. The molecule has 1 aliphatic rings. The van der Waals surface area contributed by atoms with Gasteiger partial charge in [-0.3, -0.25) is 0 Å². The van der Waals surface area contributed by atoms with Gasteiger partial charge in [0.05, 0.1) is 11.1 Å². The van der Waals surface area contributed by atoms with Gasteiger partial charge in [-0.25, -0.2) is 9.78 Å². The van der Waals surface area contributed by atoms with Crippen molar-refractivity contribution in [2.45, 2.75) is 38.3 Å². The summed E-state index contributed by atoms with van der Waals surface area (Å²) in [6, 6.07) is 4.14. The van der Waals surface area contributed by atoms with Gasteiger partial charge in [-0.1, -0.05) is 6.92 Å². The van der Waals surface area contributed by atoms with Crippen molar-refractivity contribution >= 4 is 16.9 Å². The Morgan fingerprint density at radius 3 is 2.41 bits per heavy atom. The van der Waals surface area contributed by atoms with E-state index in [0.717, 1.165) is 18.9 Å². The van der Waals surface area contributed by atoms with E-state index in [0.29, 0.717) is 16.5 Å². The van der Waals surface area contributed by atoms with Crippen LogP contribution >= 0.6 is 0 Å². The van der Waals surface area contributed by atoms with Crippen LogP contribution in [0.5, 0.6) is 0 Å². The minimum Gasteiger partial charge on any atom is -0.477 e. The first kappa shape index (κ1) is 14.8. The summed E-state index contributed by atoms with van der Waals surface area (Å²) in [5, 5.41) is 9.38. The van der Waals surface area contributed by atoms with Crippen LogP contribution in [-0.2, 0) is 11.6 Å². The smallest absolute Gasteiger partial charge is 0.418 e. The van der Waals surface area contributed by atoms with E-state index in [-0.39, 0.29) is 16.6 Å². The molecule has 1 aromatic carbocycles. The van der Waals surface area contributed by atoms with E-state index in [9.17, 15) is 18.0 Å². The molecule has 1 heterocycles. The summed E-state index contributed by atoms with van der Waals surface area (Å²) in [5.41, 5.74) is -0.621. The molecule has 0 spiro atoms. The molecule has 0 aliphatic heterocycles. The number of hydrogen-bond acceptors (Lipinski definition) is 2. The molecule has 1 saturated carbocycles. The second kappa shape index (κ2) is 4.44. The second-order valence-electron chi connectivity index (χ2n) is 6.11. The van der Waals surface area contributed by atoms with E-state index in [4.69, 9.17) is 5.11 Å². The minimum absolute atomic E-state index is 0.216. The Balaban J connectivity index is 2.38. The van der Waals surface area contributed by atoms with Gasteiger partial charge in [0.25, 0.3) is 0 Å². The van der Waals surface area contributed by atoms with Crippen molar-refractivity contribution < 1.29 is 23.1 Å². The van der Waals surface area contributed by atoms with Crippen molar-refractivity contribution in [2.75, 3.05) is 0 Å². The van der Waals surface area contributed by atoms with E-state index >= 15 is 0 Å². The van der Waals surface area contributed by atoms with Crippen LogP contribution < -0.4 is 0 Å². The third-order valence-electron chi connectivity index (χ3n) is 4.34. The highest BCUT2D eigenvalue weighted by Gasteiger charge is 2.42. The Bertz CT molecular complexity index is 792. The number of carbonyl (C=O) groups is 1. The van der Waals surface area contributed by atoms with Gasteiger partial charge >= 0.3 is 12.1 Å². The fourth-order valence-corrected chi connectivity index (χ4v) is 2.64. The van der Waals surface area contributed by atoms with Crippen molar-refractivity contribution in [3.8, 4) is 0 Å². The van der Waals surface area contributed by atoms with Gasteiger partial charge < -0.3 is 5.11 Å². The summed E-state index contributed by atoms with van der Waals surface area (Å²) >= 11 is 0. The third-order valence-corrected chi connectivity index (χ3v) is 4.34. The van der Waals surface area contributed by atoms with Crippen LogP contribution in [0.4, 0.5) is 13.2 Å². The second-order valence-corrected chi connectivity index (χ2v) is 6.11. The lowest BCUT2D eigenvalue weighted by atomic mass is 9.92. The third kappa shape index (κ3) is 2.32. The molecule has 1 aliphatic carbocycles. The lowest BCUT2D eigenvalue weighted by Gasteiger charge is -2.17. The molecule has 0 amide bonds. The van der Waals surface area contributed by atoms with E-state index in [1.165, 1.54) is 6.07 Å². The maximum Gasteiger partial charge on any atom is 0.418 e. The van der Waals surface area contributed by atoms with Gasteiger partial charge in [-0.05, 0) is 54.5 Å².